The smallest absolute Gasteiger partial charge is 0.262 e. The van der Waals surface area contributed by atoms with E-state index in [1.165, 1.54) is 0 Å². The number of fused-ring (bicyclic) bond motifs is 1. The summed E-state index contributed by atoms with van der Waals surface area (Å²) in [5.74, 6) is 0.503. The van der Waals surface area contributed by atoms with Crippen LogP contribution in [0.15, 0.2) is 71.8 Å². The molecule has 0 saturated carbocycles. The molecule has 5 heteroatoms. The predicted molar refractivity (Wildman–Crippen MR) is 110 cm³/mol. The molecule has 0 aliphatic carbocycles. The zero-order chi connectivity index (χ0) is 19.1. The Morgan fingerprint density at radius 1 is 1.07 bits per heavy atom. The summed E-state index contributed by atoms with van der Waals surface area (Å²) in [6.07, 6.45) is 2.30. The lowest BCUT2D eigenvalue weighted by Crippen LogP contribution is -2.37. The minimum absolute atomic E-state index is 0.195. The van der Waals surface area contributed by atoms with Crippen LogP contribution in [0.3, 0.4) is 0 Å². The standard InChI is InChI=1S/C22H23N3O2/c1-3-19(24-20-13-6-7-14-21(20)27-2)22(26)25-23-15-17-11-8-10-16-9-4-5-12-18(16)17/h4-15,19,24H,3H2,1-2H3,(H,25,26)/b23-15-/t19-/m1/s1. The first kappa shape index (κ1) is 18.5. The minimum atomic E-state index is -0.411. The van der Waals surface area contributed by atoms with E-state index in [0.717, 1.165) is 22.0 Å². The van der Waals surface area contributed by atoms with E-state index in [-0.39, 0.29) is 5.91 Å². The van der Waals surface area contributed by atoms with Crippen molar-refractivity contribution >= 4 is 28.6 Å². The summed E-state index contributed by atoms with van der Waals surface area (Å²) < 4.78 is 5.33. The Balaban J connectivity index is 1.69. The molecule has 0 bridgehead atoms. The lowest BCUT2D eigenvalue weighted by molar-refractivity contribution is -0.121. The molecule has 3 aromatic rings. The highest BCUT2D eigenvalue weighted by Gasteiger charge is 2.17. The second-order valence-electron chi connectivity index (χ2n) is 6.11. The number of hydrogen-bond acceptors (Lipinski definition) is 4. The minimum Gasteiger partial charge on any atom is -0.495 e. The highest BCUT2D eigenvalue weighted by molar-refractivity contribution is 6.00. The van der Waals surface area contributed by atoms with Gasteiger partial charge in [-0.1, -0.05) is 61.5 Å². The third-order valence-electron chi connectivity index (χ3n) is 4.36. The number of anilines is 1. The maximum absolute atomic E-state index is 12.5. The van der Waals surface area contributed by atoms with E-state index in [1.807, 2.05) is 61.5 Å². The summed E-state index contributed by atoms with van der Waals surface area (Å²) in [6, 6.07) is 21.2. The molecule has 0 spiro atoms. The van der Waals surface area contributed by atoms with Crippen molar-refractivity contribution in [2.45, 2.75) is 19.4 Å². The first-order valence-electron chi connectivity index (χ1n) is 8.93. The number of hydrazone groups is 1. The van der Waals surface area contributed by atoms with Crippen molar-refractivity contribution in [1.82, 2.24) is 5.43 Å². The lowest BCUT2D eigenvalue weighted by Gasteiger charge is -2.18. The zero-order valence-electron chi connectivity index (χ0n) is 15.5. The molecule has 1 atom stereocenters. The largest absolute Gasteiger partial charge is 0.495 e. The zero-order valence-corrected chi connectivity index (χ0v) is 15.5. The highest BCUT2D eigenvalue weighted by atomic mass is 16.5. The van der Waals surface area contributed by atoms with Crippen molar-refractivity contribution in [3.8, 4) is 5.75 Å². The maximum Gasteiger partial charge on any atom is 0.262 e. The third kappa shape index (κ3) is 4.44. The first-order chi connectivity index (χ1) is 13.2. The fraction of sp³-hybridized carbons (Fsp3) is 0.182. The number of methoxy groups -OCH3 is 1. The number of nitrogens with zero attached hydrogens (tertiary/aromatic N) is 1. The van der Waals surface area contributed by atoms with Crippen molar-refractivity contribution in [3.63, 3.8) is 0 Å². The van der Waals surface area contributed by atoms with Gasteiger partial charge >= 0.3 is 0 Å². The molecule has 0 heterocycles. The first-order valence-corrected chi connectivity index (χ1v) is 8.93. The molecule has 0 fully saturated rings. The van der Waals surface area contributed by atoms with Gasteiger partial charge in [0.25, 0.3) is 5.91 Å². The van der Waals surface area contributed by atoms with Gasteiger partial charge < -0.3 is 10.1 Å². The van der Waals surface area contributed by atoms with Crippen LogP contribution in [0.5, 0.6) is 5.75 Å². The number of nitrogens with one attached hydrogen (secondary N) is 2. The number of rotatable bonds is 7. The van der Waals surface area contributed by atoms with Crippen LogP contribution >= 0.6 is 0 Å². The molecule has 0 aliphatic rings. The van der Waals surface area contributed by atoms with Gasteiger partial charge in [0, 0.05) is 5.56 Å². The quantitative estimate of drug-likeness (QED) is 0.490. The monoisotopic (exact) mass is 361 g/mol. The molecule has 27 heavy (non-hydrogen) atoms. The number of carbonyl (C=O) groups excluding carboxylic acids is 1. The highest BCUT2D eigenvalue weighted by Crippen LogP contribution is 2.24. The van der Waals surface area contributed by atoms with Gasteiger partial charge in [-0.25, -0.2) is 5.43 Å². The van der Waals surface area contributed by atoms with Gasteiger partial charge in [-0.15, -0.1) is 0 Å². The van der Waals surface area contributed by atoms with Crippen molar-refractivity contribution < 1.29 is 9.53 Å². The average Bonchev–Trinajstić information content (AvgIpc) is 2.72. The van der Waals surface area contributed by atoms with Crippen LogP contribution in [0.4, 0.5) is 5.69 Å². The van der Waals surface area contributed by atoms with E-state index in [9.17, 15) is 4.79 Å². The molecular weight excluding hydrogens is 338 g/mol. The second kappa shape index (κ2) is 8.85. The summed E-state index contributed by atoms with van der Waals surface area (Å²) in [5.41, 5.74) is 4.37. The molecule has 1 amide bonds. The average molecular weight is 361 g/mol. The Morgan fingerprint density at radius 3 is 2.63 bits per heavy atom. The molecule has 2 N–H and O–H groups in total. The number of para-hydroxylation sites is 2. The van der Waals surface area contributed by atoms with Gasteiger partial charge in [-0.3, -0.25) is 4.79 Å². The fourth-order valence-corrected chi connectivity index (χ4v) is 2.91. The Hall–Kier alpha value is -3.34. The molecule has 3 aromatic carbocycles. The normalized spacial score (nSPS) is 12.1. The van der Waals surface area contributed by atoms with E-state index < -0.39 is 6.04 Å². The summed E-state index contributed by atoms with van der Waals surface area (Å²) in [5, 5.41) is 9.60. The number of benzene rings is 3. The maximum atomic E-state index is 12.5. The summed E-state index contributed by atoms with van der Waals surface area (Å²) in [4.78, 5) is 12.5. The number of ether oxygens (including phenoxy) is 1. The SMILES string of the molecule is CC[C@@H](Nc1ccccc1OC)C(=O)N/N=C\c1cccc2ccccc12. The number of hydrogen-bond donors (Lipinski definition) is 2. The van der Waals surface area contributed by atoms with Crippen LogP contribution in [0, 0.1) is 0 Å². The van der Waals surface area contributed by atoms with Crippen LogP contribution in [-0.4, -0.2) is 25.3 Å². The van der Waals surface area contributed by atoms with Gasteiger partial charge in [0.05, 0.1) is 19.0 Å². The molecular formula is C22H23N3O2. The molecule has 0 unspecified atom stereocenters. The van der Waals surface area contributed by atoms with E-state index in [1.54, 1.807) is 13.3 Å². The molecule has 3 rings (SSSR count). The summed E-state index contributed by atoms with van der Waals surface area (Å²) in [7, 11) is 1.61. The van der Waals surface area contributed by atoms with Crippen molar-refractivity contribution in [1.29, 1.82) is 0 Å². The van der Waals surface area contributed by atoms with E-state index in [4.69, 9.17) is 4.74 Å². The molecule has 0 radical (unpaired) electrons. The lowest BCUT2D eigenvalue weighted by atomic mass is 10.1. The van der Waals surface area contributed by atoms with E-state index >= 15 is 0 Å². The van der Waals surface area contributed by atoms with E-state index in [0.29, 0.717) is 12.2 Å². The fourth-order valence-electron chi connectivity index (χ4n) is 2.91. The Morgan fingerprint density at radius 2 is 1.81 bits per heavy atom. The number of carbonyl (C=O) groups is 1. The van der Waals surface area contributed by atoms with Gasteiger partial charge in [0.1, 0.15) is 11.8 Å². The van der Waals surface area contributed by atoms with Crippen molar-refractivity contribution in [3.05, 3.63) is 72.3 Å². The van der Waals surface area contributed by atoms with Gasteiger partial charge in [0.15, 0.2) is 0 Å². The molecule has 0 aromatic heterocycles. The van der Waals surface area contributed by atoms with Crippen LogP contribution in [-0.2, 0) is 4.79 Å². The molecule has 0 saturated heterocycles. The Kier molecular flexibility index (Phi) is 6.05. The molecule has 0 aliphatic heterocycles. The molecule has 5 nitrogen and oxygen atoms in total. The van der Waals surface area contributed by atoms with E-state index in [2.05, 4.69) is 28.0 Å². The molecule has 138 valence electrons. The van der Waals surface area contributed by atoms with Crippen LogP contribution in [0.2, 0.25) is 0 Å². The van der Waals surface area contributed by atoms with Crippen molar-refractivity contribution in [2.75, 3.05) is 12.4 Å². The van der Waals surface area contributed by atoms with Crippen LogP contribution < -0.4 is 15.5 Å². The third-order valence-corrected chi connectivity index (χ3v) is 4.36. The summed E-state index contributed by atoms with van der Waals surface area (Å²) in [6.45, 7) is 1.95. The Labute approximate surface area is 159 Å². The van der Waals surface area contributed by atoms with Crippen molar-refractivity contribution in [2.24, 2.45) is 5.10 Å². The topological polar surface area (TPSA) is 62.7 Å². The number of amides is 1. The van der Waals surface area contributed by atoms with Gasteiger partial charge in [-0.2, -0.15) is 5.10 Å². The Bertz CT molecular complexity index is 948. The summed E-state index contributed by atoms with van der Waals surface area (Å²) >= 11 is 0. The van der Waals surface area contributed by atoms with Crippen LogP contribution in [0.25, 0.3) is 10.8 Å². The predicted octanol–water partition coefficient (Wildman–Crippen LogP) is 4.19. The van der Waals surface area contributed by atoms with Gasteiger partial charge in [0.2, 0.25) is 0 Å². The van der Waals surface area contributed by atoms with Gasteiger partial charge in [-0.05, 0) is 29.3 Å². The second-order valence-corrected chi connectivity index (χ2v) is 6.11. The van der Waals surface area contributed by atoms with Crippen LogP contribution in [0.1, 0.15) is 18.9 Å².